The second-order valence-corrected chi connectivity index (χ2v) is 8.14. The van der Waals surface area contributed by atoms with Gasteiger partial charge in [-0.15, -0.1) is 0 Å². The number of carbonyl (C=O) groups excluding carboxylic acids is 1. The number of aryl methyl sites for hydroxylation is 1. The monoisotopic (exact) mass is 392 g/mol. The summed E-state index contributed by atoms with van der Waals surface area (Å²) in [5.41, 5.74) is 3.40. The van der Waals surface area contributed by atoms with Crippen LogP contribution in [-0.4, -0.2) is 33.0 Å². The molecule has 0 aliphatic carbocycles. The van der Waals surface area contributed by atoms with Crippen molar-refractivity contribution in [3.8, 4) is 0 Å². The number of benzene rings is 2. The predicted molar refractivity (Wildman–Crippen MR) is 116 cm³/mol. The van der Waals surface area contributed by atoms with Crippen molar-refractivity contribution < 1.29 is 4.79 Å². The summed E-state index contributed by atoms with van der Waals surface area (Å²) >= 11 is 0. The van der Waals surface area contributed by atoms with Crippen molar-refractivity contribution in [2.24, 2.45) is 13.0 Å². The molecule has 2 heterocycles. The first kappa shape index (κ1) is 19.5. The summed E-state index contributed by atoms with van der Waals surface area (Å²) in [7, 11) is 1.72. The molecule has 0 spiro atoms. The van der Waals surface area contributed by atoms with Gasteiger partial charge in [0.1, 0.15) is 6.54 Å². The third-order valence-electron chi connectivity index (χ3n) is 5.74. The maximum atomic E-state index is 12.5. The van der Waals surface area contributed by atoms with Crippen LogP contribution < -0.4 is 11.0 Å². The standard InChI is InChI=1S/C23H28N4O2/c1-17-6-5-13-26(14-17)15-18-9-11-19(12-10-18)24-22(28)16-27-21-8-4-3-7-20(21)25(2)23(27)29/h3-4,7-12,17H,5-6,13-16H2,1-2H3,(H,24,28). The average Bonchev–Trinajstić information content (AvgIpc) is 2.95. The SMILES string of the molecule is CC1CCCN(Cc2ccc(NC(=O)Cn3c(=O)n(C)c4ccccc43)cc2)C1. The Labute approximate surface area is 170 Å². The fourth-order valence-corrected chi connectivity index (χ4v) is 4.24. The number of carbonyl (C=O) groups is 1. The van der Waals surface area contributed by atoms with E-state index >= 15 is 0 Å². The van der Waals surface area contributed by atoms with E-state index in [9.17, 15) is 9.59 Å². The zero-order chi connectivity index (χ0) is 20.4. The number of hydrogen-bond donors (Lipinski definition) is 1. The topological polar surface area (TPSA) is 59.3 Å². The maximum Gasteiger partial charge on any atom is 0.329 e. The molecule has 1 atom stereocenters. The summed E-state index contributed by atoms with van der Waals surface area (Å²) in [4.78, 5) is 27.5. The van der Waals surface area contributed by atoms with Crippen LogP contribution in [0.4, 0.5) is 5.69 Å². The van der Waals surface area contributed by atoms with Gasteiger partial charge in [0, 0.05) is 25.8 Å². The van der Waals surface area contributed by atoms with Gasteiger partial charge in [-0.1, -0.05) is 31.2 Å². The van der Waals surface area contributed by atoms with E-state index in [0.29, 0.717) is 0 Å². The van der Waals surface area contributed by atoms with Crippen molar-refractivity contribution in [1.29, 1.82) is 0 Å². The number of imidazole rings is 1. The highest BCUT2D eigenvalue weighted by Crippen LogP contribution is 2.19. The molecule has 152 valence electrons. The molecule has 4 rings (SSSR count). The van der Waals surface area contributed by atoms with Gasteiger partial charge in [0.2, 0.25) is 5.91 Å². The Balaban J connectivity index is 1.40. The number of likely N-dealkylation sites (tertiary alicyclic amines) is 1. The molecule has 1 N–H and O–H groups in total. The Kier molecular flexibility index (Phi) is 5.53. The molecule has 1 fully saturated rings. The molecular weight excluding hydrogens is 364 g/mol. The molecule has 1 aliphatic rings. The van der Waals surface area contributed by atoms with Crippen LogP contribution >= 0.6 is 0 Å². The Bertz CT molecular complexity index is 1060. The number of piperidine rings is 1. The molecule has 1 amide bonds. The minimum absolute atomic E-state index is 0.00634. The fraction of sp³-hybridized carbons (Fsp3) is 0.391. The van der Waals surface area contributed by atoms with Gasteiger partial charge >= 0.3 is 5.69 Å². The van der Waals surface area contributed by atoms with Crippen molar-refractivity contribution in [2.45, 2.75) is 32.9 Å². The number of hydrogen-bond acceptors (Lipinski definition) is 3. The molecule has 0 bridgehead atoms. The van der Waals surface area contributed by atoms with Gasteiger partial charge < -0.3 is 5.32 Å². The quantitative estimate of drug-likeness (QED) is 0.725. The number of aromatic nitrogens is 2. The fourth-order valence-electron chi connectivity index (χ4n) is 4.24. The summed E-state index contributed by atoms with van der Waals surface area (Å²) in [6, 6.07) is 15.5. The Morgan fingerprint density at radius 3 is 2.55 bits per heavy atom. The minimum atomic E-state index is -0.207. The lowest BCUT2D eigenvalue weighted by atomic mass is 10.00. The van der Waals surface area contributed by atoms with Gasteiger partial charge in [-0.05, 0) is 55.1 Å². The zero-order valence-corrected chi connectivity index (χ0v) is 17.1. The number of rotatable bonds is 5. The lowest BCUT2D eigenvalue weighted by molar-refractivity contribution is -0.116. The van der Waals surface area contributed by atoms with Gasteiger partial charge in [-0.3, -0.25) is 18.8 Å². The molecule has 0 saturated carbocycles. The second kappa shape index (κ2) is 8.25. The molecular formula is C23H28N4O2. The van der Waals surface area contributed by atoms with Crippen LogP contribution in [0.5, 0.6) is 0 Å². The summed E-state index contributed by atoms with van der Waals surface area (Å²) in [5.74, 6) is 0.556. The normalized spacial score (nSPS) is 17.5. The molecule has 2 aromatic carbocycles. The molecule has 1 unspecified atom stereocenters. The van der Waals surface area contributed by atoms with E-state index in [1.807, 2.05) is 36.4 Å². The highest BCUT2D eigenvalue weighted by Gasteiger charge is 2.16. The van der Waals surface area contributed by atoms with E-state index in [-0.39, 0.29) is 18.1 Å². The third-order valence-corrected chi connectivity index (χ3v) is 5.74. The second-order valence-electron chi connectivity index (χ2n) is 8.14. The van der Waals surface area contributed by atoms with Crippen LogP contribution in [-0.2, 0) is 24.9 Å². The van der Waals surface area contributed by atoms with Crippen LogP contribution in [0.3, 0.4) is 0 Å². The zero-order valence-electron chi connectivity index (χ0n) is 17.1. The number of para-hydroxylation sites is 2. The first-order chi connectivity index (χ1) is 14.0. The number of anilines is 1. The Hall–Kier alpha value is -2.86. The first-order valence-electron chi connectivity index (χ1n) is 10.3. The van der Waals surface area contributed by atoms with Crippen molar-refractivity contribution in [2.75, 3.05) is 18.4 Å². The highest BCUT2D eigenvalue weighted by atomic mass is 16.2. The molecule has 1 aromatic heterocycles. The maximum absolute atomic E-state index is 12.5. The Morgan fingerprint density at radius 1 is 1.10 bits per heavy atom. The van der Waals surface area contributed by atoms with Crippen molar-refractivity contribution in [3.05, 3.63) is 64.6 Å². The summed E-state index contributed by atoms with van der Waals surface area (Å²) in [6.45, 7) is 5.56. The van der Waals surface area contributed by atoms with Gasteiger partial charge in [-0.2, -0.15) is 0 Å². The number of nitrogens with zero attached hydrogens (tertiary/aromatic N) is 3. The minimum Gasteiger partial charge on any atom is -0.325 e. The van der Waals surface area contributed by atoms with Crippen molar-refractivity contribution in [3.63, 3.8) is 0 Å². The van der Waals surface area contributed by atoms with E-state index in [0.717, 1.165) is 42.3 Å². The lowest BCUT2D eigenvalue weighted by Gasteiger charge is -2.30. The average molecular weight is 393 g/mol. The molecule has 1 aliphatic heterocycles. The predicted octanol–water partition coefficient (Wildman–Crippen LogP) is 3.21. The number of nitrogens with one attached hydrogen (secondary N) is 1. The van der Waals surface area contributed by atoms with E-state index < -0.39 is 0 Å². The first-order valence-corrected chi connectivity index (χ1v) is 10.3. The smallest absolute Gasteiger partial charge is 0.325 e. The largest absolute Gasteiger partial charge is 0.329 e. The highest BCUT2D eigenvalue weighted by molar-refractivity contribution is 5.91. The molecule has 1 saturated heterocycles. The van der Waals surface area contributed by atoms with Gasteiger partial charge in [0.05, 0.1) is 11.0 Å². The number of amides is 1. The van der Waals surface area contributed by atoms with Crippen LogP contribution in [0.25, 0.3) is 11.0 Å². The van der Waals surface area contributed by atoms with Crippen LogP contribution in [0.15, 0.2) is 53.3 Å². The molecule has 3 aromatic rings. The van der Waals surface area contributed by atoms with E-state index in [2.05, 4.69) is 29.3 Å². The van der Waals surface area contributed by atoms with E-state index in [1.165, 1.54) is 23.0 Å². The summed E-state index contributed by atoms with van der Waals surface area (Å²) < 4.78 is 3.08. The van der Waals surface area contributed by atoms with Crippen LogP contribution in [0.1, 0.15) is 25.3 Å². The number of fused-ring (bicyclic) bond motifs is 1. The Morgan fingerprint density at radius 2 is 1.83 bits per heavy atom. The van der Waals surface area contributed by atoms with E-state index in [1.54, 1.807) is 11.6 Å². The molecule has 0 radical (unpaired) electrons. The summed E-state index contributed by atoms with van der Waals surface area (Å²) in [5, 5.41) is 2.91. The van der Waals surface area contributed by atoms with Gasteiger partial charge in [-0.25, -0.2) is 4.79 Å². The summed E-state index contributed by atoms with van der Waals surface area (Å²) in [6.07, 6.45) is 2.59. The van der Waals surface area contributed by atoms with E-state index in [4.69, 9.17) is 0 Å². The van der Waals surface area contributed by atoms with Gasteiger partial charge in [0.25, 0.3) is 0 Å². The molecule has 6 nitrogen and oxygen atoms in total. The van der Waals surface area contributed by atoms with Crippen LogP contribution in [0, 0.1) is 5.92 Å². The lowest BCUT2D eigenvalue weighted by Crippen LogP contribution is -2.33. The van der Waals surface area contributed by atoms with Gasteiger partial charge in [0.15, 0.2) is 0 Å². The van der Waals surface area contributed by atoms with Crippen molar-refractivity contribution >= 4 is 22.6 Å². The van der Waals surface area contributed by atoms with Crippen molar-refractivity contribution in [1.82, 2.24) is 14.0 Å². The molecule has 6 heteroatoms. The van der Waals surface area contributed by atoms with Crippen LogP contribution in [0.2, 0.25) is 0 Å². The molecule has 29 heavy (non-hydrogen) atoms. The third kappa shape index (κ3) is 4.27.